The average Bonchev–Trinajstić information content (AvgIpc) is 3.17. The van der Waals surface area contributed by atoms with Gasteiger partial charge in [-0.1, -0.05) is 12.1 Å². The SMILES string of the molecule is COc1cc2c(ccn2C(C)=O)cc1C(=O)N1CCC(Cc2ccc(F)cc2)CC1. The number of aromatic nitrogens is 1. The van der Waals surface area contributed by atoms with E-state index in [1.54, 1.807) is 22.9 Å². The van der Waals surface area contributed by atoms with E-state index < -0.39 is 0 Å². The topological polar surface area (TPSA) is 51.5 Å². The normalized spacial score (nSPS) is 14.8. The Morgan fingerprint density at radius 2 is 1.80 bits per heavy atom. The molecule has 1 saturated heterocycles. The van der Waals surface area contributed by atoms with E-state index in [0.717, 1.165) is 35.7 Å². The van der Waals surface area contributed by atoms with Crippen molar-refractivity contribution in [3.63, 3.8) is 0 Å². The van der Waals surface area contributed by atoms with Crippen LogP contribution < -0.4 is 4.74 Å². The van der Waals surface area contributed by atoms with Gasteiger partial charge in [-0.05, 0) is 55.0 Å². The molecule has 1 aliphatic heterocycles. The first-order chi connectivity index (χ1) is 14.5. The third kappa shape index (κ3) is 3.95. The summed E-state index contributed by atoms with van der Waals surface area (Å²) in [5.74, 6) is 0.596. The lowest BCUT2D eigenvalue weighted by atomic mass is 9.90. The molecule has 0 saturated carbocycles. The maximum Gasteiger partial charge on any atom is 0.257 e. The summed E-state index contributed by atoms with van der Waals surface area (Å²) in [5.41, 5.74) is 2.38. The van der Waals surface area contributed by atoms with E-state index >= 15 is 0 Å². The first-order valence-corrected chi connectivity index (χ1v) is 10.2. The molecule has 30 heavy (non-hydrogen) atoms. The summed E-state index contributed by atoms with van der Waals surface area (Å²) in [4.78, 5) is 26.9. The average molecular weight is 408 g/mol. The highest BCUT2D eigenvalue weighted by molar-refractivity contribution is 6.02. The summed E-state index contributed by atoms with van der Waals surface area (Å²) in [7, 11) is 1.54. The molecule has 0 radical (unpaired) electrons. The number of rotatable bonds is 4. The molecule has 0 unspecified atom stereocenters. The highest BCUT2D eigenvalue weighted by Crippen LogP contribution is 2.30. The van der Waals surface area contributed by atoms with Crippen molar-refractivity contribution in [3.8, 4) is 5.75 Å². The standard InChI is InChI=1S/C24H25FN2O3/c1-16(28)27-12-9-19-14-21(23(30-2)15-22(19)27)24(29)26-10-7-18(8-11-26)13-17-3-5-20(25)6-4-17/h3-6,9,12,14-15,18H,7-8,10-11,13H2,1-2H3. The molecule has 156 valence electrons. The Morgan fingerprint density at radius 1 is 1.10 bits per heavy atom. The van der Waals surface area contributed by atoms with Gasteiger partial charge in [0.15, 0.2) is 0 Å². The molecule has 0 aliphatic carbocycles. The van der Waals surface area contributed by atoms with Gasteiger partial charge in [0, 0.05) is 37.7 Å². The quantitative estimate of drug-likeness (QED) is 0.637. The molecule has 0 bridgehead atoms. The summed E-state index contributed by atoms with van der Waals surface area (Å²) in [6, 6.07) is 12.1. The molecule has 3 aromatic rings. The van der Waals surface area contributed by atoms with Crippen molar-refractivity contribution in [1.82, 2.24) is 9.47 Å². The Morgan fingerprint density at radius 3 is 2.43 bits per heavy atom. The monoisotopic (exact) mass is 408 g/mol. The number of hydrogen-bond acceptors (Lipinski definition) is 3. The number of piperidine rings is 1. The van der Waals surface area contributed by atoms with E-state index in [1.165, 1.54) is 26.2 Å². The van der Waals surface area contributed by atoms with Crippen LogP contribution in [0.1, 0.15) is 40.5 Å². The summed E-state index contributed by atoms with van der Waals surface area (Å²) < 4.78 is 20.1. The minimum atomic E-state index is -0.219. The molecule has 5 nitrogen and oxygen atoms in total. The van der Waals surface area contributed by atoms with Crippen molar-refractivity contribution in [2.75, 3.05) is 20.2 Å². The molecule has 1 aliphatic rings. The van der Waals surface area contributed by atoms with Crippen LogP contribution in [0.3, 0.4) is 0 Å². The number of halogens is 1. The summed E-state index contributed by atoms with van der Waals surface area (Å²) >= 11 is 0. The lowest BCUT2D eigenvalue weighted by Gasteiger charge is -2.32. The van der Waals surface area contributed by atoms with Crippen LogP contribution in [0.15, 0.2) is 48.7 Å². The highest BCUT2D eigenvalue weighted by atomic mass is 19.1. The smallest absolute Gasteiger partial charge is 0.257 e. The number of benzene rings is 2. The molecule has 1 fully saturated rings. The zero-order valence-electron chi connectivity index (χ0n) is 17.2. The minimum Gasteiger partial charge on any atom is -0.496 e. The van der Waals surface area contributed by atoms with Gasteiger partial charge in [0.2, 0.25) is 5.91 Å². The molecule has 4 rings (SSSR count). The molecule has 2 aromatic carbocycles. The van der Waals surface area contributed by atoms with Crippen LogP contribution >= 0.6 is 0 Å². The first-order valence-electron chi connectivity index (χ1n) is 10.2. The van der Waals surface area contributed by atoms with E-state index in [1.807, 2.05) is 23.1 Å². The van der Waals surface area contributed by atoms with Gasteiger partial charge in [0.1, 0.15) is 11.6 Å². The second-order valence-electron chi connectivity index (χ2n) is 7.88. The molecule has 1 aromatic heterocycles. The fourth-order valence-electron chi connectivity index (χ4n) is 4.24. The van der Waals surface area contributed by atoms with Crippen molar-refractivity contribution in [1.29, 1.82) is 0 Å². The summed E-state index contributed by atoms with van der Waals surface area (Å²) in [6.45, 7) is 2.86. The van der Waals surface area contributed by atoms with Crippen LogP contribution in [0.25, 0.3) is 10.9 Å². The third-order valence-electron chi connectivity index (χ3n) is 5.92. The summed E-state index contributed by atoms with van der Waals surface area (Å²) in [5, 5.41) is 0.834. The van der Waals surface area contributed by atoms with E-state index in [-0.39, 0.29) is 17.6 Å². The predicted octanol–water partition coefficient (Wildman–Crippen LogP) is 4.54. The van der Waals surface area contributed by atoms with Crippen LogP contribution in [0.5, 0.6) is 5.75 Å². The van der Waals surface area contributed by atoms with Crippen molar-refractivity contribution in [2.45, 2.75) is 26.2 Å². The lowest BCUT2D eigenvalue weighted by molar-refractivity contribution is 0.0687. The fraction of sp³-hybridized carbons (Fsp3) is 0.333. The maximum atomic E-state index is 13.2. The van der Waals surface area contributed by atoms with Crippen LogP contribution in [0, 0.1) is 11.7 Å². The van der Waals surface area contributed by atoms with Crippen molar-refractivity contribution in [2.24, 2.45) is 5.92 Å². The van der Waals surface area contributed by atoms with Crippen LogP contribution in [0.4, 0.5) is 4.39 Å². The van der Waals surface area contributed by atoms with Crippen LogP contribution in [-0.4, -0.2) is 41.5 Å². The zero-order chi connectivity index (χ0) is 21.3. The molecule has 0 atom stereocenters. The lowest BCUT2D eigenvalue weighted by Crippen LogP contribution is -2.39. The number of ether oxygens (including phenoxy) is 1. The van der Waals surface area contributed by atoms with Crippen molar-refractivity contribution < 1.29 is 18.7 Å². The second kappa shape index (κ2) is 8.30. The Balaban J connectivity index is 1.47. The predicted molar refractivity (Wildman–Crippen MR) is 114 cm³/mol. The Bertz CT molecular complexity index is 1080. The number of likely N-dealkylation sites (tertiary alicyclic amines) is 1. The van der Waals surface area contributed by atoms with Gasteiger partial charge in [0.25, 0.3) is 5.91 Å². The van der Waals surface area contributed by atoms with E-state index in [2.05, 4.69) is 0 Å². The van der Waals surface area contributed by atoms with Gasteiger partial charge >= 0.3 is 0 Å². The molecule has 1 amide bonds. The number of carbonyl (C=O) groups excluding carboxylic acids is 2. The van der Waals surface area contributed by atoms with E-state index in [0.29, 0.717) is 30.3 Å². The number of methoxy groups -OCH3 is 1. The van der Waals surface area contributed by atoms with Crippen molar-refractivity contribution in [3.05, 3.63) is 65.6 Å². The number of carbonyl (C=O) groups is 2. The largest absolute Gasteiger partial charge is 0.496 e. The van der Waals surface area contributed by atoms with E-state index in [4.69, 9.17) is 4.74 Å². The van der Waals surface area contributed by atoms with Gasteiger partial charge < -0.3 is 9.64 Å². The number of amides is 1. The third-order valence-corrected chi connectivity index (χ3v) is 5.92. The van der Waals surface area contributed by atoms with E-state index in [9.17, 15) is 14.0 Å². The molecular formula is C24H25FN2O3. The van der Waals surface area contributed by atoms with Crippen LogP contribution in [-0.2, 0) is 6.42 Å². The van der Waals surface area contributed by atoms with Gasteiger partial charge in [0.05, 0.1) is 18.2 Å². The van der Waals surface area contributed by atoms with Gasteiger partial charge in [-0.3, -0.25) is 14.2 Å². The first kappa shape index (κ1) is 20.1. The number of nitrogens with zero attached hydrogens (tertiary/aromatic N) is 2. The number of fused-ring (bicyclic) bond motifs is 1. The Hall–Kier alpha value is -3.15. The van der Waals surface area contributed by atoms with Crippen LogP contribution in [0.2, 0.25) is 0 Å². The van der Waals surface area contributed by atoms with Gasteiger partial charge in [-0.2, -0.15) is 0 Å². The molecule has 0 N–H and O–H groups in total. The number of hydrogen-bond donors (Lipinski definition) is 0. The highest BCUT2D eigenvalue weighted by Gasteiger charge is 2.26. The molecule has 0 spiro atoms. The fourth-order valence-corrected chi connectivity index (χ4v) is 4.24. The van der Waals surface area contributed by atoms with Gasteiger partial charge in [-0.25, -0.2) is 4.39 Å². The second-order valence-corrected chi connectivity index (χ2v) is 7.88. The summed E-state index contributed by atoms with van der Waals surface area (Å²) in [6.07, 6.45) is 4.43. The Labute approximate surface area is 175 Å². The maximum absolute atomic E-state index is 13.2. The Kier molecular flexibility index (Phi) is 5.57. The minimum absolute atomic E-state index is 0.0513. The molecular weight excluding hydrogens is 383 g/mol. The van der Waals surface area contributed by atoms with Crippen molar-refractivity contribution >= 4 is 22.7 Å². The van der Waals surface area contributed by atoms with Gasteiger partial charge in [-0.15, -0.1) is 0 Å². The molecule has 2 heterocycles. The zero-order valence-corrected chi connectivity index (χ0v) is 17.2. The molecule has 6 heteroatoms.